The summed E-state index contributed by atoms with van der Waals surface area (Å²) in [7, 11) is 0. The lowest BCUT2D eigenvalue weighted by atomic mass is 10.7. The van der Waals surface area contributed by atoms with Gasteiger partial charge in [0.2, 0.25) is 0 Å². The molecule has 3 heteroatoms. The molecule has 0 rings (SSSR count). The van der Waals surface area contributed by atoms with Gasteiger partial charge in [0, 0.05) is 0 Å². The van der Waals surface area contributed by atoms with Crippen LogP contribution in [0.1, 0.15) is 6.92 Å². The first kappa shape index (κ1) is 6.14. The summed E-state index contributed by atoms with van der Waals surface area (Å²) in [4.78, 5) is 9.27. The van der Waals surface area contributed by atoms with E-state index in [4.69, 9.17) is 0 Å². The quantitative estimate of drug-likeness (QED) is 0.385. The van der Waals surface area contributed by atoms with Gasteiger partial charge in [0.25, 0.3) is 12.5 Å². The Labute approximate surface area is 40.6 Å². The van der Waals surface area contributed by atoms with E-state index in [1.54, 1.807) is 0 Å². The van der Waals surface area contributed by atoms with Crippen molar-refractivity contribution in [3.05, 3.63) is 12.1 Å². The van der Waals surface area contributed by atoms with Crippen molar-refractivity contribution in [3.63, 3.8) is 0 Å². The third kappa shape index (κ3) is 2.96. The molecule has 0 radical (unpaired) electrons. The predicted octanol–water partition coefficient (Wildman–Crippen LogP) is 0.990. The van der Waals surface area contributed by atoms with Crippen molar-refractivity contribution in [2.75, 3.05) is 0 Å². The van der Waals surface area contributed by atoms with Crippen LogP contribution in [-0.2, 0) is 9.53 Å². The van der Waals surface area contributed by atoms with Crippen LogP contribution in [0.15, 0.2) is 12.1 Å². The smallest absolute Gasteiger partial charge is 0.300 e. The third-order valence-electron chi connectivity index (χ3n) is 0.388. The molecule has 0 saturated heterocycles. The molecule has 0 spiro atoms. The summed E-state index contributed by atoms with van der Waals surface area (Å²) in [6.45, 7) is 1.47. The van der Waals surface area contributed by atoms with Gasteiger partial charge in [-0.3, -0.25) is 4.79 Å². The highest BCUT2D eigenvalue weighted by atomic mass is 19.1. The van der Waals surface area contributed by atoms with Gasteiger partial charge in [-0.1, -0.05) is 0 Å². The van der Waals surface area contributed by atoms with E-state index in [2.05, 4.69) is 4.74 Å². The Kier molecular flexibility index (Phi) is 2.92. The largest absolute Gasteiger partial charge is 0.401 e. The molecule has 0 fully saturated rings. The number of hydrogen-bond donors (Lipinski definition) is 0. The lowest BCUT2D eigenvalue weighted by Gasteiger charge is -1.84. The van der Waals surface area contributed by atoms with Crippen LogP contribution >= 0.6 is 0 Å². The third-order valence-corrected chi connectivity index (χ3v) is 0.388. The van der Waals surface area contributed by atoms with E-state index < -0.39 is 6.01 Å². The van der Waals surface area contributed by atoms with Crippen molar-refractivity contribution in [1.82, 2.24) is 0 Å². The van der Waals surface area contributed by atoms with Gasteiger partial charge in [-0.25, -0.2) is 0 Å². The summed E-state index contributed by atoms with van der Waals surface area (Å²) >= 11 is 0. The standard InChI is InChI=1S/C4H5FO2/c1-2-4(5)7-3-6/h2-3H,1H3/b4-2-. The van der Waals surface area contributed by atoms with Gasteiger partial charge in [-0.15, -0.1) is 0 Å². The number of rotatable bonds is 2. The van der Waals surface area contributed by atoms with Crippen LogP contribution in [0.4, 0.5) is 4.39 Å². The molecule has 0 aromatic carbocycles. The van der Waals surface area contributed by atoms with E-state index in [0.29, 0.717) is 0 Å². The molecular weight excluding hydrogens is 99.0 g/mol. The number of hydrogen-bond acceptors (Lipinski definition) is 2. The molecule has 0 aromatic rings. The first-order valence-corrected chi connectivity index (χ1v) is 1.73. The second kappa shape index (κ2) is 3.33. The zero-order chi connectivity index (χ0) is 5.70. The molecule has 0 aliphatic carbocycles. The molecule has 0 aliphatic rings. The number of carbonyl (C=O) groups is 1. The Morgan fingerprint density at radius 2 is 2.43 bits per heavy atom. The Morgan fingerprint density at radius 3 is 2.57 bits per heavy atom. The molecule has 0 unspecified atom stereocenters. The zero-order valence-corrected chi connectivity index (χ0v) is 3.85. The van der Waals surface area contributed by atoms with E-state index in [0.717, 1.165) is 6.08 Å². The van der Waals surface area contributed by atoms with E-state index in [9.17, 15) is 9.18 Å². The number of allylic oxidation sites excluding steroid dienone is 1. The van der Waals surface area contributed by atoms with Gasteiger partial charge in [0.15, 0.2) is 0 Å². The maximum Gasteiger partial charge on any atom is 0.300 e. The number of ether oxygens (including phenoxy) is 1. The van der Waals surface area contributed by atoms with Crippen LogP contribution in [-0.4, -0.2) is 6.47 Å². The average molecular weight is 104 g/mol. The predicted molar refractivity (Wildman–Crippen MR) is 22.0 cm³/mol. The Bertz CT molecular complexity index is 87.7. The second-order valence-electron chi connectivity index (χ2n) is 0.807. The highest BCUT2D eigenvalue weighted by Gasteiger charge is 1.84. The SMILES string of the molecule is C/C=C(/F)OC=O. The highest BCUT2D eigenvalue weighted by Crippen LogP contribution is 1.92. The molecule has 0 aromatic heterocycles. The van der Waals surface area contributed by atoms with Gasteiger partial charge in [-0.05, 0) is 13.0 Å². The molecule has 0 N–H and O–H groups in total. The number of carbonyl (C=O) groups excluding carboxylic acids is 1. The summed E-state index contributed by atoms with van der Waals surface area (Å²) in [6, 6.07) is -0.866. The lowest BCUT2D eigenvalue weighted by molar-refractivity contribution is -0.126. The van der Waals surface area contributed by atoms with E-state index in [1.807, 2.05) is 0 Å². The normalized spacial score (nSPS) is 10.9. The molecule has 40 valence electrons. The fourth-order valence-corrected chi connectivity index (χ4v) is 0.114. The lowest BCUT2D eigenvalue weighted by Crippen LogP contribution is -1.78. The van der Waals surface area contributed by atoms with E-state index in [1.165, 1.54) is 6.92 Å². The van der Waals surface area contributed by atoms with Crippen molar-refractivity contribution < 1.29 is 13.9 Å². The van der Waals surface area contributed by atoms with Crippen molar-refractivity contribution in [1.29, 1.82) is 0 Å². The van der Waals surface area contributed by atoms with Gasteiger partial charge < -0.3 is 4.74 Å². The summed E-state index contributed by atoms with van der Waals surface area (Å²) < 4.78 is 15.2. The minimum absolute atomic E-state index is 0.0370. The summed E-state index contributed by atoms with van der Waals surface area (Å²) in [5.41, 5.74) is 0. The van der Waals surface area contributed by atoms with Gasteiger partial charge in [0.05, 0.1) is 0 Å². The van der Waals surface area contributed by atoms with Crippen LogP contribution in [0.3, 0.4) is 0 Å². The minimum Gasteiger partial charge on any atom is -0.401 e. The molecule has 0 atom stereocenters. The fourth-order valence-electron chi connectivity index (χ4n) is 0.114. The molecular formula is C4H5FO2. The monoisotopic (exact) mass is 104 g/mol. The van der Waals surface area contributed by atoms with Crippen LogP contribution in [0, 0.1) is 0 Å². The van der Waals surface area contributed by atoms with Crippen molar-refractivity contribution in [2.45, 2.75) is 6.92 Å². The van der Waals surface area contributed by atoms with Crippen LogP contribution in [0.5, 0.6) is 0 Å². The first-order valence-electron chi connectivity index (χ1n) is 1.73. The van der Waals surface area contributed by atoms with Crippen molar-refractivity contribution >= 4 is 6.47 Å². The molecule has 0 amide bonds. The average Bonchev–Trinajstić information content (AvgIpc) is 1.68. The van der Waals surface area contributed by atoms with Gasteiger partial charge in [0.1, 0.15) is 0 Å². The van der Waals surface area contributed by atoms with Crippen LogP contribution < -0.4 is 0 Å². The molecule has 0 saturated carbocycles. The van der Waals surface area contributed by atoms with Crippen LogP contribution in [0.2, 0.25) is 0 Å². The Morgan fingerprint density at radius 1 is 1.86 bits per heavy atom. The van der Waals surface area contributed by atoms with Gasteiger partial charge in [-0.2, -0.15) is 4.39 Å². The van der Waals surface area contributed by atoms with E-state index in [-0.39, 0.29) is 6.47 Å². The summed E-state index contributed by atoms with van der Waals surface area (Å²) in [5.74, 6) is 0. The maximum absolute atomic E-state index is 11.5. The summed E-state index contributed by atoms with van der Waals surface area (Å²) in [5, 5.41) is 0. The van der Waals surface area contributed by atoms with Crippen LogP contribution in [0.25, 0.3) is 0 Å². The van der Waals surface area contributed by atoms with Crippen molar-refractivity contribution in [2.24, 2.45) is 0 Å². The van der Waals surface area contributed by atoms with E-state index >= 15 is 0 Å². The first-order chi connectivity index (χ1) is 3.31. The topological polar surface area (TPSA) is 26.3 Å². The Hall–Kier alpha value is -0.860. The maximum atomic E-state index is 11.5. The molecule has 0 bridgehead atoms. The molecule has 7 heavy (non-hydrogen) atoms. The fraction of sp³-hybridized carbons (Fsp3) is 0.250. The Balaban J connectivity index is 3.36. The second-order valence-corrected chi connectivity index (χ2v) is 0.807. The summed E-state index contributed by atoms with van der Waals surface area (Å²) in [6.07, 6.45) is 1.05. The molecule has 2 nitrogen and oxygen atoms in total. The van der Waals surface area contributed by atoms with Gasteiger partial charge >= 0.3 is 0 Å². The highest BCUT2D eigenvalue weighted by molar-refractivity contribution is 5.38. The van der Waals surface area contributed by atoms with Crippen molar-refractivity contribution in [3.8, 4) is 0 Å². The zero-order valence-electron chi connectivity index (χ0n) is 3.85. The molecule has 0 heterocycles. The molecule has 0 aliphatic heterocycles. The minimum atomic E-state index is -0.866. The number of halogens is 1.